The van der Waals surface area contributed by atoms with Crippen molar-refractivity contribution in [3.63, 3.8) is 0 Å². The van der Waals surface area contributed by atoms with Gasteiger partial charge in [-0.2, -0.15) is 0 Å². The van der Waals surface area contributed by atoms with Crippen molar-refractivity contribution in [1.29, 1.82) is 0 Å². The third-order valence-corrected chi connectivity index (χ3v) is 5.73. The highest BCUT2D eigenvalue weighted by molar-refractivity contribution is 5.77. The Hall–Kier alpha value is -2.20. The number of hydrogen-bond acceptors (Lipinski definition) is 3. The van der Waals surface area contributed by atoms with Gasteiger partial charge in [0.25, 0.3) is 0 Å². The summed E-state index contributed by atoms with van der Waals surface area (Å²) in [6.07, 6.45) is 5.79. The van der Waals surface area contributed by atoms with Crippen LogP contribution in [0.2, 0.25) is 0 Å². The first-order valence-electron chi connectivity index (χ1n) is 9.77. The molecule has 0 bridgehead atoms. The van der Waals surface area contributed by atoms with Gasteiger partial charge >= 0.3 is 0 Å². The zero-order chi connectivity index (χ0) is 17.8. The number of carbonyl (C=O) groups is 1. The average Bonchev–Trinajstić information content (AvgIpc) is 2.92. The molecule has 2 aliphatic rings. The van der Waals surface area contributed by atoms with E-state index < -0.39 is 0 Å². The third-order valence-electron chi connectivity index (χ3n) is 5.73. The second-order valence-corrected chi connectivity index (χ2v) is 7.47. The number of aryl methyl sites for hydroxylation is 1. The molecule has 4 rings (SSSR count). The Morgan fingerprint density at radius 3 is 2.81 bits per heavy atom. The van der Waals surface area contributed by atoms with Crippen LogP contribution in [0, 0.1) is 0 Å². The normalized spacial score (nSPS) is 20.6. The van der Waals surface area contributed by atoms with Crippen molar-refractivity contribution >= 4 is 5.91 Å². The van der Waals surface area contributed by atoms with E-state index in [1.54, 1.807) is 0 Å². The predicted octanol–water partition coefficient (Wildman–Crippen LogP) is 3.24. The fourth-order valence-electron chi connectivity index (χ4n) is 4.30. The summed E-state index contributed by atoms with van der Waals surface area (Å²) in [7, 11) is 0. The van der Waals surface area contributed by atoms with Crippen LogP contribution in [-0.4, -0.2) is 46.9 Å². The average molecular weight is 349 g/mol. The Kier molecular flexibility index (Phi) is 5.30. The molecule has 0 spiro atoms. The van der Waals surface area contributed by atoms with Gasteiger partial charge in [-0.25, -0.2) is 0 Å². The predicted molar refractivity (Wildman–Crippen MR) is 103 cm³/mol. The van der Waals surface area contributed by atoms with Crippen molar-refractivity contribution in [3.05, 3.63) is 65.5 Å². The first-order chi connectivity index (χ1) is 12.8. The quantitative estimate of drug-likeness (QED) is 0.850. The first kappa shape index (κ1) is 17.2. The lowest BCUT2D eigenvalue weighted by atomic mass is 9.97. The van der Waals surface area contributed by atoms with Gasteiger partial charge < -0.3 is 4.90 Å². The Morgan fingerprint density at radius 1 is 1.04 bits per heavy atom. The highest BCUT2D eigenvalue weighted by atomic mass is 16.2. The minimum Gasteiger partial charge on any atom is -0.341 e. The van der Waals surface area contributed by atoms with Gasteiger partial charge in [0.05, 0.1) is 5.69 Å². The molecule has 2 aromatic rings. The molecule has 26 heavy (non-hydrogen) atoms. The molecule has 1 fully saturated rings. The van der Waals surface area contributed by atoms with E-state index >= 15 is 0 Å². The van der Waals surface area contributed by atoms with E-state index in [-0.39, 0.29) is 0 Å². The fraction of sp³-hybridized carbons (Fsp3) is 0.455. The maximum Gasteiger partial charge on any atom is 0.223 e. The number of aromatic nitrogens is 1. The molecule has 4 nitrogen and oxygen atoms in total. The van der Waals surface area contributed by atoms with Gasteiger partial charge in [0.2, 0.25) is 5.91 Å². The molecular weight excluding hydrogens is 322 g/mol. The van der Waals surface area contributed by atoms with Crippen molar-refractivity contribution in [3.8, 4) is 0 Å². The second-order valence-electron chi connectivity index (χ2n) is 7.47. The number of hydrogen-bond donors (Lipinski definition) is 0. The Bertz CT molecular complexity index is 746. The van der Waals surface area contributed by atoms with Crippen LogP contribution < -0.4 is 0 Å². The number of rotatable bonds is 4. The van der Waals surface area contributed by atoms with Gasteiger partial charge in [-0.05, 0) is 48.4 Å². The summed E-state index contributed by atoms with van der Waals surface area (Å²) in [6.45, 7) is 4.56. The summed E-state index contributed by atoms with van der Waals surface area (Å²) in [5.74, 6) is 0.734. The van der Waals surface area contributed by atoms with E-state index in [1.165, 1.54) is 11.1 Å². The molecule has 0 unspecified atom stereocenters. The second kappa shape index (κ2) is 8.00. The van der Waals surface area contributed by atoms with Crippen LogP contribution in [0.15, 0.2) is 48.7 Å². The lowest BCUT2D eigenvalue weighted by Gasteiger charge is -2.23. The molecule has 1 saturated heterocycles. The van der Waals surface area contributed by atoms with Crippen molar-refractivity contribution in [2.75, 3.05) is 26.2 Å². The summed E-state index contributed by atoms with van der Waals surface area (Å²) in [4.78, 5) is 21.8. The van der Waals surface area contributed by atoms with E-state index in [0.29, 0.717) is 18.2 Å². The Labute approximate surface area is 155 Å². The summed E-state index contributed by atoms with van der Waals surface area (Å²) >= 11 is 0. The maximum absolute atomic E-state index is 12.9. The molecule has 0 N–H and O–H groups in total. The van der Waals surface area contributed by atoms with Gasteiger partial charge in [0.15, 0.2) is 0 Å². The maximum atomic E-state index is 12.9. The molecule has 1 amide bonds. The number of fused-ring (bicyclic) bond motifs is 1. The summed E-state index contributed by atoms with van der Waals surface area (Å²) < 4.78 is 0. The molecule has 1 aromatic carbocycles. The Balaban J connectivity index is 1.32. The molecule has 4 heteroatoms. The molecule has 1 aliphatic heterocycles. The number of benzene rings is 1. The van der Waals surface area contributed by atoms with Crippen LogP contribution >= 0.6 is 0 Å². The molecule has 1 aliphatic carbocycles. The van der Waals surface area contributed by atoms with Gasteiger partial charge in [0.1, 0.15) is 0 Å². The molecule has 1 aromatic heterocycles. The van der Waals surface area contributed by atoms with Crippen LogP contribution in [0.4, 0.5) is 0 Å². The van der Waals surface area contributed by atoms with Crippen LogP contribution in [-0.2, 0) is 17.8 Å². The van der Waals surface area contributed by atoms with E-state index in [1.807, 2.05) is 18.3 Å². The molecule has 136 valence electrons. The third kappa shape index (κ3) is 3.96. The van der Waals surface area contributed by atoms with Crippen LogP contribution in [0.3, 0.4) is 0 Å². The number of pyridine rings is 1. The smallest absolute Gasteiger partial charge is 0.223 e. The lowest BCUT2D eigenvalue weighted by molar-refractivity contribution is -0.131. The minimum atomic E-state index is 0.325. The number of carbonyl (C=O) groups excluding carboxylic acids is 1. The van der Waals surface area contributed by atoms with Crippen molar-refractivity contribution in [2.45, 2.75) is 38.1 Å². The highest BCUT2D eigenvalue weighted by Gasteiger charge is 2.27. The zero-order valence-electron chi connectivity index (χ0n) is 15.3. The van der Waals surface area contributed by atoms with E-state index in [9.17, 15) is 4.79 Å². The van der Waals surface area contributed by atoms with Crippen LogP contribution in [0.1, 0.15) is 42.0 Å². The molecule has 0 radical (unpaired) electrons. The standard InChI is InChI=1S/C22H27N3O/c26-22(16-19-10-9-18-6-1-2-8-21(18)19)25-13-5-12-24(14-15-25)17-20-7-3-4-11-23-20/h1-4,6-8,11,19H,5,9-10,12-17H2/t19-/m0/s1. The van der Waals surface area contributed by atoms with Crippen molar-refractivity contribution < 1.29 is 4.79 Å². The Morgan fingerprint density at radius 2 is 1.92 bits per heavy atom. The van der Waals surface area contributed by atoms with Crippen LogP contribution in [0.5, 0.6) is 0 Å². The largest absolute Gasteiger partial charge is 0.341 e. The topological polar surface area (TPSA) is 36.4 Å². The summed E-state index contributed by atoms with van der Waals surface area (Å²) in [6, 6.07) is 14.7. The number of amides is 1. The molecule has 0 saturated carbocycles. The van der Waals surface area contributed by atoms with Gasteiger partial charge in [-0.15, -0.1) is 0 Å². The molecule has 1 atom stereocenters. The lowest BCUT2D eigenvalue weighted by Crippen LogP contribution is -2.35. The van der Waals surface area contributed by atoms with Crippen molar-refractivity contribution in [2.24, 2.45) is 0 Å². The SMILES string of the molecule is O=C(C[C@@H]1CCc2ccccc21)N1CCCN(Cc2ccccn2)CC1. The van der Waals surface area contributed by atoms with Crippen molar-refractivity contribution in [1.82, 2.24) is 14.8 Å². The van der Waals surface area contributed by atoms with E-state index in [0.717, 1.165) is 57.7 Å². The van der Waals surface area contributed by atoms with E-state index in [4.69, 9.17) is 0 Å². The monoisotopic (exact) mass is 349 g/mol. The summed E-state index contributed by atoms with van der Waals surface area (Å²) in [5.41, 5.74) is 3.94. The zero-order valence-corrected chi connectivity index (χ0v) is 15.3. The van der Waals surface area contributed by atoms with Gasteiger partial charge in [0, 0.05) is 45.3 Å². The van der Waals surface area contributed by atoms with Gasteiger partial charge in [-0.1, -0.05) is 30.3 Å². The van der Waals surface area contributed by atoms with Crippen LogP contribution in [0.25, 0.3) is 0 Å². The fourth-order valence-corrected chi connectivity index (χ4v) is 4.30. The first-order valence-corrected chi connectivity index (χ1v) is 9.77. The number of nitrogens with zero attached hydrogens (tertiary/aromatic N) is 3. The van der Waals surface area contributed by atoms with Gasteiger partial charge in [-0.3, -0.25) is 14.7 Å². The minimum absolute atomic E-state index is 0.325. The summed E-state index contributed by atoms with van der Waals surface area (Å²) in [5, 5.41) is 0. The molecule has 2 heterocycles. The molecular formula is C22H27N3O. The highest BCUT2D eigenvalue weighted by Crippen LogP contribution is 2.35. The van der Waals surface area contributed by atoms with E-state index in [2.05, 4.69) is 45.1 Å².